The van der Waals surface area contributed by atoms with Crippen LogP contribution in [0.1, 0.15) is 6.92 Å². The highest BCUT2D eigenvalue weighted by molar-refractivity contribution is 14.1. The molecule has 0 spiro atoms. The van der Waals surface area contributed by atoms with E-state index in [2.05, 4.69) is 6.58 Å². The monoisotopic (exact) mass is 196 g/mol. The molecule has 0 aliphatic carbocycles. The molecule has 0 radical (unpaired) electrons. The Hall–Kier alpha value is 0.140. The van der Waals surface area contributed by atoms with Gasteiger partial charge >= 0.3 is 0 Å². The molecule has 0 aromatic carbocycles. The summed E-state index contributed by atoms with van der Waals surface area (Å²) in [5.74, 6) is 0.0515. The van der Waals surface area contributed by atoms with Gasteiger partial charge in [0, 0.05) is 3.58 Å². The predicted octanol–water partition coefficient (Wildman–Crippen LogP) is 1.52. The van der Waals surface area contributed by atoms with E-state index in [0.29, 0.717) is 3.58 Å². The van der Waals surface area contributed by atoms with Crippen LogP contribution in [0.3, 0.4) is 0 Å². The molecule has 0 saturated carbocycles. The summed E-state index contributed by atoms with van der Waals surface area (Å²) in [6.45, 7) is 4.89. The Morgan fingerprint density at radius 3 is 2.00 bits per heavy atom. The van der Waals surface area contributed by atoms with E-state index in [-0.39, 0.29) is 5.78 Å². The third kappa shape index (κ3) is 2.38. The van der Waals surface area contributed by atoms with Gasteiger partial charge in [0.05, 0.1) is 0 Å². The summed E-state index contributed by atoms with van der Waals surface area (Å²) in [7, 11) is 0. The molecule has 34 valence electrons. The maximum atomic E-state index is 10.0. The Labute approximate surface area is 50.6 Å². The molecular formula is C4H5IO. The fourth-order valence-corrected chi connectivity index (χ4v) is 0. The molecule has 0 unspecified atom stereocenters. The summed E-state index contributed by atoms with van der Waals surface area (Å²) in [4.78, 5) is 10.0. The first-order chi connectivity index (χ1) is 2.64. The van der Waals surface area contributed by atoms with Crippen molar-refractivity contribution in [1.29, 1.82) is 0 Å². The summed E-state index contributed by atoms with van der Waals surface area (Å²) >= 11 is 1.89. The number of Topliss-reactive ketones (excluding diaryl/α,β-unsaturated/α-hetero) is 1. The van der Waals surface area contributed by atoms with Crippen LogP contribution in [-0.4, -0.2) is 5.78 Å². The molecular weight excluding hydrogens is 191 g/mol. The molecule has 0 aliphatic rings. The van der Waals surface area contributed by atoms with Crippen molar-refractivity contribution in [2.45, 2.75) is 6.92 Å². The summed E-state index contributed by atoms with van der Waals surface area (Å²) in [6.07, 6.45) is 0. The number of carbonyl (C=O) groups excluding carboxylic acids is 1. The zero-order chi connectivity index (χ0) is 5.15. The third-order valence-electron chi connectivity index (χ3n) is 0.382. The van der Waals surface area contributed by atoms with Crippen LogP contribution < -0.4 is 0 Å². The van der Waals surface area contributed by atoms with Gasteiger partial charge in [-0.2, -0.15) is 0 Å². The van der Waals surface area contributed by atoms with Gasteiger partial charge in [0.1, 0.15) is 0 Å². The smallest absolute Gasteiger partial charge is 0.165 e. The fraction of sp³-hybridized carbons (Fsp3) is 0.250. The van der Waals surface area contributed by atoms with Crippen LogP contribution in [0.2, 0.25) is 0 Å². The van der Waals surface area contributed by atoms with Gasteiger partial charge in [0.25, 0.3) is 0 Å². The van der Waals surface area contributed by atoms with Gasteiger partial charge in [-0.05, 0) is 29.5 Å². The third-order valence-corrected chi connectivity index (χ3v) is 1.14. The first kappa shape index (κ1) is 6.14. The van der Waals surface area contributed by atoms with Crippen molar-refractivity contribution in [3.05, 3.63) is 10.2 Å². The lowest BCUT2D eigenvalue weighted by Crippen LogP contribution is -1.82. The van der Waals surface area contributed by atoms with Crippen LogP contribution in [0.25, 0.3) is 0 Å². The van der Waals surface area contributed by atoms with E-state index in [1.54, 1.807) is 0 Å². The predicted molar refractivity (Wildman–Crippen MR) is 33.8 cm³/mol. The van der Waals surface area contributed by atoms with E-state index >= 15 is 0 Å². The number of allylic oxidation sites excluding steroid dienone is 1. The van der Waals surface area contributed by atoms with Crippen molar-refractivity contribution in [2.24, 2.45) is 0 Å². The highest BCUT2D eigenvalue weighted by atomic mass is 127. The minimum absolute atomic E-state index is 0.0515. The first-order valence-electron chi connectivity index (χ1n) is 1.50. The van der Waals surface area contributed by atoms with Crippen LogP contribution in [0, 0.1) is 0 Å². The van der Waals surface area contributed by atoms with E-state index in [0.717, 1.165) is 0 Å². The SMILES string of the molecule is C=C(I)C(C)=O. The van der Waals surface area contributed by atoms with Crippen molar-refractivity contribution in [1.82, 2.24) is 0 Å². The Balaban J connectivity index is 3.57. The molecule has 2 heteroatoms. The number of carbonyl (C=O) groups is 1. The molecule has 0 atom stereocenters. The van der Waals surface area contributed by atoms with E-state index in [1.165, 1.54) is 6.92 Å². The Bertz CT molecular complexity index is 73.5. The molecule has 0 N–H and O–H groups in total. The van der Waals surface area contributed by atoms with Crippen molar-refractivity contribution < 1.29 is 4.79 Å². The largest absolute Gasteiger partial charge is 0.294 e. The van der Waals surface area contributed by atoms with E-state index < -0.39 is 0 Å². The number of ketones is 1. The maximum absolute atomic E-state index is 10.0. The van der Waals surface area contributed by atoms with Gasteiger partial charge < -0.3 is 0 Å². The van der Waals surface area contributed by atoms with Crippen molar-refractivity contribution in [3.8, 4) is 0 Å². The molecule has 0 aliphatic heterocycles. The number of hydrogen-bond donors (Lipinski definition) is 0. The molecule has 1 nitrogen and oxygen atoms in total. The Morgan fingerprint density at radius 2 is 2.00 bits per heavy atom. The van der Waals surface area contributed by atoms with Gasteiger partial charge in [-0.25, -0.2) is 0 Å². The average molecular weight is 196 g/mol. The number of halogens is 1. The quantitative estimate of drug-likeness (QED) is 0.459. The standard InChI is InChI=1S/C4H5IO/c1-3(5)4(2)6/h1H2,2H3. The molecule has 0 aromatic rings. The zero-order valence-corrected chi connectivity index (χ0v) is 5.65. The van der Waals surface area contributed by atoms with Gasteiger partial charge in [0.2, 0.25) is 0 Å². The summed E-state index contributed by atoms with van der Waals surface area (Å²) < 4.78 is 0.590. The second kappa shape index (κ2) is 2.34. The maximum Gasteiger partial charge on any atom is 0.165 e. The molecule has 0 aromatic heterocycles. The van der Waals surface area contributed by atoms with Crippen LogP contribution >= 0.6 is 22.6 Å². The summed E-state index contributed by atoms with van der Waals surface area (Å²) in [6, 6.07) is 0. The highest BCUT2D eigenvalue weighted by Crippen LogP contribution is 2.00. The average Bonchev–Trinajstić information content (AvgIpc) is 1.36. The summed E-state index contributed by atoms with van der Waals surface area (Å²) in [5, 5.41) is 0. The van der Waals surface area contributed by atoms with Gasteiger partial charge in [-0.3, -0.25) is 4.79 Å². The minimum Gasteiger partial charge on any atom is -0.294 e. The Kier molecular flexibility index (Phi) is 2.39. The lowest BCUT2D eigenvalue weighted by molar-refractivity contribution is -0.112. The van der Waals surface area contributed by atoms with Crippen molar-refractivity contribution >= 4 is 28.4 Å². The molecule has 6 heavy (non-hydrogen) atoms. The topological polar surface area (TPSA) is 17.1 Å². The zero-order valence-electron chi connectivity index (χ0n) is 3.49. The molecule has 0 fully saturated rings. The summed E-state index contributed by atoms with van der Waals surface area (Å²) in [5.41, 5.74) is 0. The molecule has 0 bridgehead atoms. The van der Waals surface area contributed by atoms with Crippen LogP contribution in [0.5, 0.6) is 0 Å². The molecule has 0 heterocycles. The fourth-order valence-electron chi connectivity index (χ4n) is 0. The minimum atomic E-state index is 0.0515. The van der Waals surface area contributed by atoms with Gasteiger partial charge in [0.15, 0.2) is 5.78 Å². The first-order valence-corrected chi connectivity index (χ1v) is 2.58. The van der Waals surface area contributed by atoms with Crippen molar-refractivity contribution in [3.63, 3.8) is 0 Å². The lowest BCUT2D eigenvalue weighted by Gasteiger charge is -1.78. The van der Waals surface area contributed by atoms with Crippen LogP contribution in [0.4, 0.5) is 0 Å². The van der Waals surface area contributed by atoms with E-state index in [9.17, 15) is 4.79 Å². The second-order valence-electron chi connectivity index (χ2n) is 0.961. The second-order valence-corrected chi connectivity index (χ2v) is 2.26. The van der Waals surface area contributed by atoms with Gasteiger partial charge in [-0.1, -0.05) is 6.58 Å². The van der Waals surface area contributed by atoms with E-state index in [1.807, 2.05) is 22.6 Å². The van der Waals surface area contributed by atoms with E-state index in [4.69, 9.17) is 0 Å². The number of hydrogen-bond acceptors (Lipinski definition) is 1. The molecule has 0 saturated heterocycles. The Morgan fingerprint density at radius 1 is 1.83 bits per heavy atom. The molecule has 0 rings (SSSR count). The normalized spacial score (nSPS) is 7.67. The lowest BCUT2D eigenvalue weighted by atomic mass is 10.5. The van der Waals surface area contributed by atoms with Gasteiger partial charge in [-0.15, -0.1) is 0 Å². The van der Waals surface area contributed by atoms with Crippen LogP contribution in [-0.2, 0) is 4.79 Å². The van der Waals surface area contributed by atoms with Crippen LogP contribution in [0.15, 0.2) is 10.2 Å². The van der Waals surface area contributed by atoms with Crippen molar-refractivity contribution in [2.75, 3.05) is 0 Å². The molecule has 0 amide bonds. The highest BCUT2D eigenvalue weighted by Gasteiger charge is 1.88. The number of rotatable bonds is 1.